The van der Waals surface area contributed by atoms with Crippen LogP contribution in [0.5, 0.6) is 0 Å². The number of alkyl halides is 3. The van der Waals surface area contributed by atoms with Gasteiger partial charge in [0.25, 0.3) is 0 Å². The number of amides is 1. The van der Waals surface area contributed by atoms with Crippen LogP contribution in [0.1, 0.15) is 43.9 Å². The molecule has 1 aliphatic rings. The number of nitrogens with zero attached hydrogens (tertiary/aromatic N) is 1. The maximum Gasteiger partial charge on any atom is 0.416 e. The Morgan fingerprint density at radius 1 is 1.19 bits per heavy atom. The second-order valence-electron chi connectivity index (χ2n) is 7.02. The number of hydrogen-bond donors (Lipinski definition) is 1. The molecule has 7 heteroatoms. The van der Waals surface area contributed by atoms with E-state index in [1.807, 2.05) is 0 Å². The molecule has 1 atom stereocenters. The second-order valence-corrected chi connectivity index (χ2v) is 7.02. The van der Waals surface area contributed by atoms with Crippen LogP contribution in [-0.2, 0) is 15.7 Å². The van der Waals surface area contributed by atoms with E-state index >= 15 is 0 Å². The zero-order valence-corrected chi connectivity index (χ0v) is 15.3. The Morgan fingerprint density at radius 3 is 2.35 bits per heavy atom. The standard InChI is InChI=1S/C19H27F3N2O2/c1-14(2)3-8-18(25)23-13-17(24-9-11-26-12-10-24)15-4-6-16(7-5-15)19(20,21)22/h4-7,14,17H,3,8-13H2,1-2H3,(H,23,25). The number of hydrogen-bond acceptors (Lipinski definition) is 3. The molecule has 1 heterocycles. The first-order valence-corrected chi connectivity index (χ1v) is 9.03. The largest absolute Gasteiger partial charge is 0.416 e. The highest BCUT2D eigenvalue weighted by molar-refractivity contribution is 5.75. The van der Waals surface area contributed by atoms with Crippen molar-refractivity contribution in [2.24, 2.45) is 5.92 Å². The number of nitrogens with one attached hydrogen (secondary N) is 1. The summed E-state index contributed by atoms with van der Waals surface area (Å²) in [6, 6.07) is 5.04. The van der Waals surface area contributed by atoms with E-state index in [0.29, 0.717) is 45.2 Å². The van der Waals surface area contributed by atoms with Gasteiger partial charge in [0.05, 0.1) is 24.8 Å². The Morgan fingerprint density at radius 2 is 1.81 bits per heavy atom. The minimum Gasteiger partial charge on any atom is -0.379 e. The first-order chi connectivity index (χ1) is 12.3. The summed E-state index contributed by atoms with van der Waals surface area (Å²) >= 11 is 0. The van der Waals surface area contributed by atoms with Crippen molar-refractivity contribution >= 4 is 5.91 Å². The molecule has 2 rings (SSSR count). The van der Waals surface area contributed by atoms with Gasteiger partial charge >= 0.3 is 6.18 Å². The average Bonchev–Trinajstić information content (AvgIpc) is 2.61. The normalized spacial score (nSPS) is 17.3. The van der Waals surface area contributed by atoms with Crippen LogP contribution in [0.2, 0.25) is 0 Å². The summed E-state index contributed by atoms with van der Waals surface area (Å²) in [6.07, 6.45) is -3.08. The topological polar surface area (TPSA) is 41.6 Å². The predicted octanol–water partition coefficient (Wildman–Crippen LogP) is 3.63. The number of morpholine rings is 1. The smallest absolute Gasteiger partial charge is 0.379 e. The van der Waals surface area contributed by atoms with Gasteiger partial charge in [0.15, 0.2) is 0 Å². The summed E-state index contributed by atoms with van der Waals surface area (Å²) in [5.41, 5.74) is 0.104. The van der Waals surface area contributed by atoms with Crippen LogP contribution in [0.3, 0.4) is 0 Å². The Kier molecular flexibility index (Phi) is 7.46. The summed E-state index contributed by atoms with van der Waals surface area (Å²) in [7, 11) is 0. The van der Waals surface area contributed by atoms with Crippen LogP contribution in [0.25, 0.3) is 0 Å². The van der Waals surface area contributed by atoms with Gasteiger partial charge in [0, 0.05) is 26.1 Å². The van der Waals surface area contributed by atoms with E-state index in [2.05, 4.69) is 24.1 Å². The van der Waals surface area contributed by atoms with E-state index in [4.69, 9.17) is 4.74 Å². The van der Waals surface area contributed by atoms with E-state index in [0.717, 1.165) is 24.1 Å². The van der Waals surface area contributed by atoms with E-state index in [-0.39, 0.29) is 11.9 Å². The molecular weight excluding hydrogens is 345 g/mol. The van der Waals surface area contributed by atoms with Gasteiger partial charge in [0.1, 0.15) is 0 Å². The number of rotatable bonds is 7. The van der Waals surface area contributed by atoms with Gasteiger partial charge in [-0.3, -0.25) is 9.69 Å². The van der Waals surface area contributed by atoms with E-state index in [1.165, 1.54) is 12.1 Å². The van der Waals surface area contributed by atoms with Crippen molar-refractivity contribution in [1.82, 2.24) is 10.2 Å². The molecule has 26 heavy (non-hydrogen) atoms. The van der Waals surface area contributed by atoms with Gasteiger partial charge in [-0.2, -0.15) is 13.2 Å². The molecule has 1 saturated heterocycles. The van der Waals surface area contributed by atoms with Crippen molar-refractivity contribution in [1.29, 1.82) is 0 Å². The van der Waals surface area contributed by atoms with Crippen molar-refractivity contribution in [2.45, 2.75) is 38.9 Å². The maximum absolute atomic E-state index is 12.8. The molecule has 0 aliphatic carbocycles. The molecule has 4 nitrogen and oxygen atoms in total. The fourth-order valence-corrected chi connectivity index (χ4v) is 2.96. The zero-order valence-electron chi connectivity index (χ0n) is 15.3. The van der Waals surface area contributed by atoms with Gasteiger partial charge in [0.2, 0.25) is 5.91 Å². The van der Waals surface area contributed by atoms with Crippen molar-refractivity contribution < 1.29 is 22.7 Å². The third kappa shape index (κ3) is 6.29. The van der Waals surface area contributed by atoms with Gasteiger partial charge < -0.3 is 10.1 Å². The Balaban J connectivity index is 2.07. The summed E-state index contributed by atoms with van der Waals surface area (Å²) in [4.78, 5) is 14.2. The van der Waals surface area contributed by atoms with Gasteiger partial charge in [-0.05, 0) is 30.0 Å². The molecule has 1 N–H and O–H groups in total. The fraction of sp³-hybridized carbons (Fsp3) is 0.632. The maximum atomic E-state index is 12.8. The van der Waals surface area contributed by atoms with Gasteiger partial charge in [-0.15, -0.1) is 0 Å². The van der Waals surface area contributed by atoms with Gasteiger partial charge in [-0.1, -0.05) is 26.0 Å². The Labute approximate surface area is 152 Å². The molecule has 146 valence electrons. The molecule has 1 unspecified atom stereocenters. The number of halogens is 3. The van der Waals surface area contributed by atoms with Crippen LogP contribution in [0.15, 0.2) is 24.3 Å². The molecule has 1 aromatic rings. The molecule has 1 aliphatic heterocycles. The third-order valence-corrected chi connectivity index (χ3v) is 4.55. The number of carbonyl (C=O) groups is 1. The van der Waals surface area contributed by atoms with Crippen molar-refractivity contribution in [3.05, 3.63) is 35.4 Å². The van der Waals surface area contributed by atoms with Crippen molar-refractivity contribution in [2.75, 3.05) is 32.8 Å². The monoisotopic (exact) mass is 372 g/mol. The lowest BCUT2D eigenvalue weighted by Gasteiger charge is -2.35. The first kappa shape index (κ1) is 20.7. The highest BCUT2D eigenvalue weighted by Crippen LogP contribution is 2.31. The Bertz CT molecular complexity index is 567. The number of carbonyl (C=O) groups excluding carboxylic acids is 1. The summed E-state index contributed by atoms with van der Waals surface area (Å²) < 4.78 is 43.7. The average molecular weight is 372 g/mol. The highest BCUT2D eigenvalue weighted by atomic mass is 19.4. The second kappa shape index (κ2) is 9.37. The van der Waals surface area contributed by atoms with Crippen molar-refractivity contribution in [3.8, 4) is 0 Å². The lowest BCUT2D eigenvalue weighted by Crippen LogP contribution is -2.43. The van der Waals surface area contributed by atoms with Gasteiger partial charge in [-0.25, -0.2) is 0 Å². The van der Waals surface area contributed by atoms with Crippen LogP contribution < -0.4 is 5.32 Å². The molecular formula is C19H27F3N2O2. The SMILES string of the molecule is CC(C)CCC(=O)NCC(c1ccc(C(F)(F)F)cc1)N1CCOCC1. The molecule has 0 radical (unpaired) electrons. The first-order valence-electron chi connectivity index (χ1n) is 9.03. The lowest BCUT2D eigenvalue weighted by molar-refractivity contribution is -0.137. The van der Waals surface area contributed by atoms with Crippen LogP contribution in [-0.4, -0.2) is 43.7 Å². The highest BCUT2D eigenvalue weighted by Gasteiger charge is 2.31. The van der Waals surface area contributed by atoms with E-state index in [1.54, 1.807) is 0 Å². The summed E-state index contributed by atoms with van der Waals surface area (Å²) in [6.45, 7) is 7.04. The van der Waals surface area contributed by atoms with Crippen LogP contribution in [0.4, 0.5) is 13.2 Å². The number of ether oxygens (including phenoxy) is 1. The number of benzene rings is 1. The Hall–Kier alpha value is -1.60. The molecule has 0 bridgehead atoms. The molecule has 1 aromatic carbocycles. The van der Waals surface area contributed by atoms with Crippen LogP contribution in [0, 0.1) is 5.92 Å². The zero-order chi connectivity index (χ0) is 19.2. The molecule has 1 fully saturated rings. The van der Waals surface area contributed by atoms with Crippen LogP contribution >= 0.6 is 0 Å². The lowest BCUT2D eigenvalue weighted by atomic mass is 10.0. The molecule has 0 saturated carbocycles. The summed E-state index contributed by atoms with van der Waals surface area (Å²) in [5.74, 6) is 0.426. The predicted molar refractivity (Wildman–Crippen MR) is 93.7 cm³/mol. The minimum absolute atomic E-state index is 0.0242. The molecule has 1 amide bonds. The third-order valence-electron chi connectivity index (χ3n) is 4.55. The quantitative estimate of drug-likeness (QED) is 0.795. The van der Waals surface area contributed by atoms with E-state index in [9.17, 15) is 18.0 Å². The fourth-order valence-electron chi connectivity index (χ4n) is 2.96. The van der Waals surface area contributed by atoms with Crippen molar-refractivity contribution in [3.63, 3.8) is 0 Å². The van der Waals surface area contributed by atoms with E-state index < -0.39 is 11.7 Å². The molecule has 0 spiro atoms. The summed E-state index contributed by atoms with van der Waals surface area (Å²) in [5, 5.41) is 2.94. The minimum atomic E-state index is -4.35. The molecule has 0 aromatic heterocycles.